The van der Waals surface area contributed by atoms with Crippen molar-refractivity contribution < 1.29 is 0 Å². The second kappa shape index (κ2) is 4.29. The Morgan fingerprint density at radius 2 is 2.27 bits per heavy atom. The first-order chi connectivity index (χ1) is 7.35. The Morgan fingerprint density at radius 3 is 3.00 bits per heavy atom. The molecule has 2 N–H and O–H groups in total. The Labute approximate surface area is 89.1 Å². The topological polar surface area (TPSA) is 53.6 Å². The molecule has 0 amide bonds. The van der Waals surface area contributed by atoms with Crippen molar-refractivity contribution in [2.75, 3.05) is 12.4 Å². The van der Waals surface area contributed by atoms with Crippen LogP contribution in [0.1, 0.15) is 25.6 Å². The highest BCUT2D eigenvalue weighted by Crippen LogP contribution is 2.18. The van der Waals surface area contributed by atoms with Crippen molar-refractivity contribution in [3.05, 3.63) is 18.1 Å². The molecule has 80 valence electrons. The molecule has 15 heavy (non-hydrogen) atoms. The summed E-state index contributed by atoms with van der Waals surface area (Å²) >= 11 is 0. The van der Waals surface area contributed by atoms with Crippen LogP contribution in [0.15, 0.2) is 12.3 Å². The molecule has 0 saturated heterocycles. The van der Waals surface area contributed by atoms with Crippen LogP contribution in [0.2, 0.25) is 0 Å². The van der Waals surface area contributed by atoms with E-state index in [2.05, 4.69) is 27.2 Å². The summed E-state index contributed by atoms with van der Waals surface area (Å²) in [6, 6.07) is 1.99. The Hall–Kier alpha value is -1.58. The molecule has 0 aliphatic heterocycles. The van der Waals surface area contributed by atoms with E-state index in [1.807, 2.05) is 19.3 Å². The van der Waals surface area contributed by atoms with Gasteiger partial charge in [-0.05, 0) is 12.5 Å². The predicted molar refractivity (Wildman–Crippen MR) is 62.0 cm³/mol. The molecule has 0 aliphatic carbocycles. The number of nitrogens with zero attached hydrogens (tertiary/aromatic N) is 2. The standard InChI is InChI=1S/C11H16N4/c1-3-4-5-9-14-10(12-2)8-6-7-13-11(8)15-9/h6-7H,3-5H2,1-2H3,(H2,12,13,14,15). The Morgan fingerprint density at radius 1 is 1.40 bits per heavy atom. The van der Waals surface area contributed by atoms with Gasteiger partial charge in [-0.25, -0.2) is 9.97 Å². The van der Waals surface area contributed by atoms with Gasteiger partial charge in [-0.15, -0.1) is 0 Å². The maximum Gasteiger partial charge on any atom is 0.143 e. The van der Waals surface area contributed by atoms with E-state index in [0.29, 0.717) is 0 Å². The van der Waals surface area contributed by atoms with Crippen molar-refractivity contribution in [3.63, 3.8) is 0 Å². The maximum absolute atomic E-state index is 4.49. The number of aromatic nitrogens is 3. The van der Waals surface area contributed by atoms with Crippen LogP contribution in [0, 0.1) is 0 Å². The minimum atomic E-state index is 0.910. The van der Waals surface area contributed by atoms with Crippen LogP contribution >= 0.6 is 0 Å². The number of anilines is 1. The lowest BCUT2D eigenvalue weighted by Gasteiger charge is -2.04. The monoisotopic (exact) mass is 204 g/mol. The minimum Gasteiger partial charge on any atom is -0.372 e. The second-order valence-electron chi connectivity index (χ2n) is 3.58. The largest absolute Gasteiger partial charge is 0.372 e. The number of unbranched alkanes of at least 4 members (excludes halogenated alkanes) is 1. The number of hydrogen-bond donors (Lipinski definition) is 2. The Bertz CT molecular complexity index is 447. The molecule has 0 spiro atoms. The zero-order valence-corrected chi connectivity index (χ0v) is 9.17. The van der Waals surface area contributed by atoms with Gasteiger partial charge in [-0.1, -0.05) is 13.3 Å². The number of hydrogen-bond acceptors (Lipinski definition) is 3. The van der Waals surface area contributed by atoms with Gasteiger partial charge in [0.25, 0.3) is 0 Å². The van der Waals surface area contributed by atoms with E-state index in [0.717, 1.165) is 35.5 Å². The van der Waals surface area contributed by atoms with Gasteiger partial charge in [0.1, 0.15) is 17.3 Å². The van der Waals surface area contributed by atoms with E-state index in [1.54, 1.807) is 0 Å². The van der Waals surface area contributed by atoms with Gasteiger partial charge >= 0.3 is 0 Å². The summed E-state index contributed by atoms with van der Waals surface area (Å²) in [5, 5.41) is 4.16. The molecule has 0 unspecified atom stereocenters. The quantitative estimate of drug-likeness (QED) is 0.803. The van der Waals surface area contributed by atoms with Crippen molar-refractivity contribution in [3.8, 4) is 0 Å². The first kappa shape index (κ1) is 9.96. The zero-order valence-electron chi connectivity index (χ0n) is 9.17. The average Bonchev–Trinajstić information content (AvgIpc) is 2.73. The first-order valence-electron chi connectivity index (χ1n) is 5.37. The lowest BCUT2D eigenvalue weighted by atomic mass is 10.2. The Kier molecular flexibility index (Phi) is 2.85. The highest BCUT2D eigenvalue weighted by molar-refractivity contribution is 5.86. The fourth-order valence-electron chi connectivity index (χ4n) is 1.62. The fraction of sp³-hybridized carbons (Fsp3) is 0.455. The molecule has 0 radical (unpaired) electrons. The van der Waals surface area contributed by atoms with Crippen molar-refractivity contribution in [2.45, 2.75) is 26.2 Å². The van der Waals surface area contributed by atoms with E-state index < -0.39 is 0 Å². The van der Waals surface area contributed by atoms with E-state index >= 15 is 0 Å². The molecule has 4 heteroatoms. The number of nitrogens with one attached hydrogen (secondary N) is 2. The van der Waals surface area contributed by atoms with E-state index in [1.165, 1.54) is 6.42 Å². The number of H-pyrrole nitrogens is 1. The number of rotatable bonds is 4. The predicted octanol–water partition coefficient (Wildman–Crippen LogP) is 2.34. The smallest absolute Gasteiger partial charge is 0.143 e. The summed E-state index contributed by atoms with van der Waals surface area (Å²) < 4.78 is 0. The van der Waals surface area contributed by atoms with Crippen LogP contribution in [-0.4, -0.2) is 22.0 Å². The van der Waals surface area contributed by atoms with Crippen LogP contribution in [0.25, 0.3) is 11.0 Å². The van der Waals surface area contributed by atoms with E-state index in [-0.39, 0.29) is 0 Å². The summed E-state index contributed by atoms with van der Waals surface area (Å²) in [7, 11) is 1.89. The van der Waals surface area contributed by atoms with Gasteiger partial charge in [0.15, 0.2) is 0 Å². The fourth-order valence-corrected chi connectivity index (χ4v) is 1.62. The van der Waals surface area contributed by atoms with E-state index in [9.17, 15) is 0 Å². The lowest BCUT2D eigenvalue weighted by molar-refractivity contribution is 0.757. The summed E-state index contributed by atoms with van der Waals surface area (Å²) in [4.78, 5) is 12.1. The van der Waals surface area contributed by atoms with E-state index in [4.69, 9.17) is 0 Å². The SMILES string of the molecule is CCCCc1nc(NC)c2cc[nH]c2n1. The zero-order chi connectivity index (χ0) is 10.7. The van der Waals surface area contributed by atoms with Crippen LogP contribution < -0.4 is 5.32 Å². The molecule has 2 rings (SSSR count). The third-order valence-electron chi connectivity index (χ3n) is 2.45. The molecule has 0 aliphatic rings. The Balaban J connectivity index is 2.40. The van der Waals surface area contributed by atoms with Crippen molar-refractivity contribution in [1.29, 1.82) is 0 Å². The normalized spacial score (nSPS) is 10.8. The van der Waals surface area contributed by atoms with Crippen molar-refractivity contribution in [2.24, 2.45) is 0 Å². The van der Waals surface area contributed by atoms with Crippen LogP contribution in [0.5, 0.6) is 0 Å². The van der Waals surface area contributed by atoms with Crippen molar-refractivity contribution in [1.82, 2.24) is 15.0 Å². The summed E-state index contributed by atoms with van der Waals surface area (Å²) in [5.41, 5.74) is 0.917. The molecule has 0 fully saturated rings. The molecule has 4 nitrogen and oxygen atoms in total. The third kappa shape index (κ3) is 1.93. The van der Waals surface area contributed by atoms with Gasteiger partial charge in [0, 0.05) is 19.7 Å². The van der Waals surface area contributed by atoms with Crippen molar-refractivity contribution >= 4 is 16.9 Å². The third-order valence-corrected chi connectivity index (χ3v) is 2.45. The summed E-state index contributed by atoms with van der Waals surface area (Å²) in [6.45, 7) is 2.17. The molecule has 2 aromatic rings. The molecule has 0 saturated carbocycles. The molecule has 2 heterocycles. The lowest BCUT2D eigenvalue weighted by Crippen LogP contribution is -2.01. The van der Waals surface area contributed by atoms with Crippen LogP contribution in [-0.2, 0) is 6.42 Å². The van der Waals surface area contributed by atoms with Crippen LogP contribution in [0.4, 0.5) is 5.82 Å². The molecular weight excluding hydrogens is 188 g/mol. The van der Waals surface area contributed by atoms with Gasteiger partial charge in [-0.3, -0.25) is 0 Å². The first-order valence-corrected chi connectivity index (χ1v) is 5.37. The molecule has 0 atom stereocenters. The average molecular weight is 204 g/mol. The maximum atomic E-state index is 4.49. The highest BCUT2D eigenvalue weighted by Gasteiger charge is 2.06. The summed E-state index contributed by atoms with van der Waals surface area (Å²) in [5.74, 6) is 1.82. The van der Waals surface area contributed by atoms with Gasteiger partial charge in [0.2, 0.25) is 0 Å². The minimum absolute atomic E-state index is 0.910. The molecule has 0 aromatic carbocycles. The second-order valence-corrected chi connectivity index (χ2v) is 3.58. The number of aromatic amines is 1. The highest BCUT2D eigenvalue weighted by atomic mass is 15.0. The van der Waals surface area contributed by atoms with Gasteiger partial charge in [0.05, 0.1) is 5.39 Å². The number of aryl methyl sites for hydroxylation is 1. The van der Waals surface area contributed by atoms with Crippen LogP contribution in [0.3, 0.4) is 0 Å². The molecule has 0 bridgehead atoms. The van der Waals surface area contributed by atoms with Gasteiger partial charge < -0.3 is 10.3 Å². The molecule has 2 aromatic heterocycles. The summed E-state index contributed by atoms with van der Waals surface area (Å²) in [6.07, 6.45) is 5.14. The molecular formula is C11H16N4. The van der Waals surface area contributed by atoms with Gasteiger partial charge in [-0.2, -0.15) is 0 Å². The number of fused-ring (bicyclic) bond motifs is 1.